The lowest BCUT2D eigenvalue weighted by molar-refractivity contribution is 0.504. The largest absolute Gasteiger partial charge is 0.369 e. The van der Waals surface area contributed by atoms with Crippen molar-refractivity contribution in [2.45, 2.75) is 12.8 Å². The third-order valence-electron chi connectivity index (χ3n) is 2.43. The van der Waals surface area contributed by atoms with Crippen LogP contribution >= 0.6 is 0 Å². The van der Waals surface area contributed by atoms with Gasteiger partial charge in [0.15, 0.2) is 5.96 Å². The Hall–Kier alpha value is -1.78. The van der Waals surface area contributed by atoms with Gasteiger partial charge >= 0.3 is 0 Å². The van der Waals surface area contributed by atoms with Crippen LogP contribution in [0.1, 0.15) is 12.8 Å². The molecule has 0 radical (unpaired) electrons. The molecule has 1 rings (SSSR count). The quantitative estimate of drug-likeness (QED) is 0.536. The Morgan fingerprint density at radius 3 is 2.81 bits per heavy atom. The van der Waals surface area contributed by atoms with E-state index in [1.165, 1.54) is 5.57 Å². The Labute approximate surface area is 96.2 Å². The Bertz CT molecular complexity index is 351. The average Bonchev–Trinajstić information content (AvgIpc) is 2.78. The van der Waals surface area contributed by atoms with Crippen LogP contribution in [0.25, 0.3) is 0 Å². The van der Waals surface area contributed by atoms with E-state index in [9.17, 15) is 0 Å². The van der Waals surface area contributed by atoms with Gasteiger partial charge in [-0.1, -0.05) is 23.8 Å². The van der Waals surface area contributed by atoms with Crippen LogP contribution in [0, 0.1) is 0 Å². The summed E-state index contributed by atoms with van der Waals surface area (Å²) in [6.45, 7) is 0.822. The fourth-order valence-electron chi connectivity index (χ4n) is 1.36. The molecule has 16 heavy (non-hydrogen) atoms. The number of allylic oxidation sites excluding steroid dienone is 3. The number of hydrogen-bond donors (Lipinski definition) is 2. The molecule has 5 nitrogen and oxygen atoms in total. The number of nitrogens with zero attached hydrogens (tertiary/aromatic N) is 3. The molecule has 0 heterocycles. The lowest BCUT2D eigenvalue weighted by Crippen LogP contribution is -2.36. The first-order valence-corrected chi connectivity index (χ1v) is 5.26. The van der Waals surface area contributed by atoms with Crippen molar-refractivity contribution in [1.29, 1.82) is 0 Å². The van der Waals surface area contributed by atoms with Crippen LogP contribution in [0.4, 0.5) is 0 Å². The lowest BCUT2D eigenvalue weighted by atomic mass is 10.2. The molecule has 1 aliphatic carbocycles. The molecule has 0 aromatic carbocycles. The van der Waals surface area contributed by atoms with Gasteiger partial charge in [0.25, 0.3) is 0 Å². The minimum Gasteiger partial charge on any atom is -0.369 e. The second-order valence-corrected chi connectivity index (χ2v) is 3.64. The first-order chi connectivity index (χ1) is 7.63. The van der Waals surface area contributed by atoms with Crippen LogP contribution in [0.2, 0.25) is 0 Å². The predicted octanol–water partition coefficient (Wildman–Crippen LogP) is 0.454. The number of aliphatic imine (C=N–C) groups is 2. The van der Waals surface area contributed by atoms with Gasteiger partial charge in [-0.2, -0.15) is 4.99 Å². The van der Waals surface area contributed by atoms with Crippen molar-refractivity contribution in [2.75, 3.05) is 20.6 Å². The molecule has 0 saturated heterocycles. The highest BCUT2D eigenvalue weighted by Crippen LogP contribution is 2.12. The van der Waals surface area contributed by atoms with E-state index in [4.69, 9.17) is 11.5 Å². The van der Waals surface area contributed by atoms with Gasteiger partial charge < -0.3 is 16.4 Å². The van der Waals surface area contributed by atoms with Gasteiger partial charge in [-0.3, -0.25) is 4.99 Å². The van der Waals surface area contributed by atoms with Crippen LogP contribution in [0.15, 0.2) is 33.8 Å². The van der Waals surface area contributed by atoms with E-state index >= 15 is 0 Å². The summed E-state index contributed by atoms with van der Waals surface area (Å²) in [6.07, 6.45) is 8.50. The molecule has 0 amide bonds. The summed E-state index contributed by atoms with van der Waals surface area (Å²) in [4.78, 5) is 9.54. The Kier molecular flexibility index (Phi) is 4.57. The van der Waals surface area contributed by atoms with Crippen LogP contribution in [0.5, 0.6) is 0 Å². The molecule has 0 aliphatic heterocycles. The van der Waals surface area contributed by atoms with Gasteiger partial charge in [-0.15, -0.1) is 0 Å². The van der Waals surface area contributed by atoms with Crippen molar-refractivity contribution in [2.24, 2.45) is 21.5 Å². The maximum absolute atomic E-state index is 5.76. The molecule has 0 fully saturated rings. The third kappa shape index (κ3) is 3.76. The number of guanidine groups is 2. The van der Waals surface area contributed by atoms with Crippen LogP contribution in [-0.2, 0) is 0 Å². The van der Waals surface area contributed by atoms with E-state index in [2.05, 4.69) is 28.2 Å². The van der Waals surface area contributed by atoms with Crippen molar-refractivity contribution in [3.63, 3.8) is 0 Å². The zero-order chi connectivity index (χ0) is 12.0. The van der Waals surface area contributed by atoms with E-state index in [0.717, 1.165) is 19.4 Å². The van der Waals surface area contributed by atoms with E-state index in [-0.39, 0.29) is 5.96 Å². The maximum Gasteiger partial charge on any atom is 0.218 e. The first-order valence-electron chi connectivity index (χ1n) is 5.26. The summed E-state index contributed by atoms with van der Waals surface area (Å²) < 4.78 is 0. The van der Waals surface area contributed by atoms with E-state index in [1.807, 2.05) is 11.9 Å². The normalized spacial score (nSPS) is 16.5. The smallest absolute Gasteiger partial charge is 0.218 e. The third-order valence-corrected chi connectivity index (χ3v) is 2.43. The lowest BCUT2D eigenvalue weighted by Gasteiger charge is -2.17. The number of hydrogen-bond acceptors (Lipinski definition) is 1. The van der Waals surface area contributed by atoms with Gasteiger partial charge in [0.1, 0.15) is 0 Å². The minimum atomic E-state index is 0.198. The van der Waals surface area contributed by atoms with Crippen molar-refractivity contribution in [1.82, 2.24) is 4.90 Å². The monoisotopic (exact) mass is 221 g/mol. The van der Waals surface area contributed by atoms with E-state index in [1.54, 1.807) is 7.05 Å². The zero-order valence-electron chi connectivity index (χ0n) is 9.85. The highest BCUT2D eigenvalue weighted by Gasteiger charge is 2.04. The van der Waals surface area contributed by atoms with Crippen molar-refractivity contribution in [3.05, 3.63) is 23.8 Å². The topological polar surface area (TPSA) is 80.0 Å². The minimum absolute atomic E-state index is 0.198. The molecular formula is C11H19N5. The van der Waals surface area contributed by atoms with Crippen LogP contribution < -0.4 is 11.5 Å². The Morgan fingerprint density at radius 2 is 2.25 bits per heavy atom. The maximum atomic E-state index is 5.76. The SMILES string of the molecule is CN=C(N)N=C(N)N(C)CCC1=CCC=C1. The fraction of sp³-hybridized carbons (Fsp3) is 0.455. The molecule has 5 heteroatoms. The Balaban J connectivity index is 2.42. The predicted molar refractivity (Wildman–Crippen MR) is 68.3 cm³/mol. The van der Waals surface area contributed by atoms with Gasteiger partial charge in [-0.25, -0.2) is 0 Å². The zero-order valence-corrected chi connectivity index (χ0v) is 9.85. The summed E-state index contributed by atoms with van der Waals surface area (Å²) in [5.41, 5.74) is 12.6. The standard InChI is InChI=1S/C11H19N5/c1-14-10(12)15-11(13)16(2)8-7-9-5-3-4-6-9/h3,5-6H,4,7-8H2,1-2H3,(H4,12,13,14,15). The second-order valence-electron chi connectivity index (χ2n) is 3.64. The van der Waals surface area contributed by atoms with Crippen molar-refractivity contribution >= 4 is 11.9 Å². The van der Waals surface area contributed by atoms with Gasteiger partial charge in [0, 0.05) is 20.6 Å². The second kappa shape index (κ2) is 5.95. The van der Waals surface area contributed by atoms with Crippen LogP contribution in [-0.4, -0.2) is 37.5 Å². The molecule has 0 atom stereocenters. The summed E-state index contributed by atoms with van der Waals surface area (Å²) in [7, 11) is 3.47. The number of rotatable bonds is 3. The molecule has 88 valence electrons. The van der Waals surface area contributed by atoms with Crippen LogP contribution in [0.3, 0.4) is 0 Å². The van der Waals surface area contributed by atoms with Gasteiger partial charge in [0.2, 0.25) is 5.96 Å². The molecule has 4 N–H and O–H groups in total. The Morgan fingerprint density at radius 1 is 1.50 bits per heavy atom. The highest BCUT2D eigenvalue weighted by molar-refractivity contribution is 5.93. The molecule has 0 aromatic rings. The molecule has 0 aromatic heterocycles. The van der Waals surface area contributed by atoms with E-state index in [0.29, 0.717) is 5.96 Å². The summed E-state index contributed by atoms with van der Waals surface area (Å²) >= 11 is 0. The van der Waals surface area contributed by atoms with E-state index < -0.39 is 0 Å². The summed E-state index contributed by atoms with van der Waals surface area (Å²) in [6, 6.07) is 0. The fourth-order valence-corrected chi connectivity index (χ4v) is 1.36. The van der Waals surface area contributed by atoms with Gasteiger partial charge in [0.05, 0.1) is 0 Å². The van der Waals surface area contributed by atoms with Crippen molar-refractivity contribution < 1.29 is 0 Å². The summed E-state index contributed by atoms with van der Waals surface area (Å²) in [5.74, 6) is 0.593. The molecule has 0 unspecified atom stereocenters. The molecule has 0 spiro atoms. The average molecular weight is 221 g/mol. The molecule has 1 aliphatic rings. The summed E-state index contributed by atoms with van der Waals surface area (Å²) in [5, 5.41) is 0. The highest BCUT2D eigenvalue weighted by atomic mass is 15.2. The molecule has 0 bridgehead atoms. The molecule has 0 saturated carbocycles. The molecular weight excluding hydrogens is 202 g/mol. The first kappa shape index (κ1) is 12.3. The number of nitrogens with two attached hydrogens (primary N) is 2. The van der Waals surface area contributed by atoms with Crippen molar-refractivity contribution in [3.8, 4) is 0 Å². The van der Waals surface area contributed by atoms with Gasteiger partial charge in [-0.05, 0) is 12.8 Å².